The van der Waals surface area contributed by atoms with Crippen molar-refractivity contribution in [3.8, 4) is 0 Å². The fraction of sp³-hybridized carbons (Fsp3) is 1.00. The number of rotatable bonds is 20. The molecule has 3 nitrogen and oxygen atoms in total. The largest absolute Gasteiger partial charge is 0.396 e. The molecule has 0 rings (SSSR count). The smallest absolute Gasteiger partial charge is 0.0562 e. The molecule has 0 aromatic carbocycles. The summed E-state index contributed by atoms with van der Waals surface area (Å²) in [6.07, 6.45) is 22.7. The van der Waals surface area contributed by atoms with E-state index < -0.39 is 0 Å². The molecule has 1 unspecified atom stereocenters. The third-order valence-electron chi connectivity index (χ3n) is 4.95. The number of nitrogens with two attached hydrogens (primary N) is 1. The van der Waals surface area contributed by atoms with Crippen LogP contribution in [0.25, 0.3) is 0 Å². The first-order chi connectivity index (χ1) is 11.8. The van der Waals surface area contributed by atoms with Crippen molar-refractivity contribution in [3.05, 3.63) is 0 Å². The van der Waals surface area contributed by atoms with Crippen LogP contribution in [0.1, 0.15) is 116 Å². The lowest BCUT2D eigenvalue weighted by Crippen LogP contribution is -2.08. The maximum absolute atomic E-state index is 9.51. The Labute approximate surface area is 151 Å². The quantitative estimate of drug-likeness (QED) is 0.262. The second-order valence-corrected chi connectivity index (χ2v) is 7.40. The van der Waals surface area contributed by atoms with Gasteiger partial charge in [0.25, 0.3) is 0 Å². The fourth-order valence-electron chi connectivity index (χ4n) is 3.29. The first-order valence-electron chi connectivity index (χ1n) is 10.8. The number of hydrogen-bond acceptors (Lipinski definition) is 3. The highest BCUT2D eigenvalue weighted by atomic mass is 16.3. The monoisotopic (exact) mass is 343 g/mol. The Hall–Kier alpha value is -0.120. The van der Waals surface area contributed by atoms with Crippen LogP contribution in [-0.2, 0) is 0 Å². The lowest BCUT2D eigenvalue weighted by atomic mass is 10.0. The van der Waals surface area contributed by atoms with E-state index in [-0.39, 0.29) is 12.7 Å². The second-order valence-electron chi connectivity index (χ2n) is 7.40. The standard InChI is InChI=1S/C21H45NO2/c22-19-16-14-12-10-8-6-4-2-1-3-5-7-9-11-13-15-17-21(24)18-20-23/h21,23-24H,1-20,22H2. The average Bonchev–Trinajstić information content (AvgIpc) is 2.58. The molecular weight excluding hydrogens is 298 g/mol. The molecule has 0 fully saturated rings. The van der Waals surface area contributed by atoms with Gasteiger partial charge in [0.1, 0.15) is 0 Å². The molecule has 1 atom stereocenters. The first-order valence-corrected chi connectivity index (χ1v) is 10.8. The van der Waals surface area contributed by atoms with Gasteiger partial charge in [0.2, 0.25) is 0 Å². The minimum Gasteiger partial charge on any atom is -0.396 e. The Bertz CT molecular complexity index is 224. The Morgan fingerprint density at radius 1 is 0.500 bits per heavy atom. The highest BCUT2D eigenvalue weighted by Crippen LogP contribution is 2.14. The molecule has 0 aliphatic carbocycles. The van der Waals surface area contributed by atoms with Crippen LogP contribution in [0.5, 0.6) is 0 Å². The summed E-state index contributed by atoms with van der Waals surface area (Å²) in [5.41, 5.74) is 5.49. The lowest BCUT2D eigenvalue weighted by molar-refractivity contribution is 0.122. The van der Waals surface area contributed by atoms with E-state index in [1.54, 1.807) is 0 Å². The Balaban J connectivity index is 3.00. The van der Waals surface area contributed by atoms with E-state index in [9.17, 15) is 5.11 Å². The molecule has 0 aromatic heterocycles. The van der Waals surface area contributed by atoms with Crippen LogP contribution in [0.4, 0.5) is 0 Å². The van der Waals surface area contributed by atoms with Crippen LogP contribution in [-0.4, -0.2) is 29.5 Å². The average molecular weight is 344 g/mol. The summed E-state index contributed by atoms with van der Waals surface area (Å²) in [6.45, 7) is 0.962. The van der Waals surface area contributed by atoms with Gasteiger partial charge in [-0.2, -0.15) is 0 Å². The molecule has 0 saturated carbocycles. The predicted octanol–water partition coefficient (Wildman–Crippen LogP) is 5.32. The summed E-state index contributed by atoms with van der Waals surface area (Å²) in [5, 5.41) is 18.2. The van der Waals surface area contributed by atoms with Crippen molar-refractivity contribution < 1.29 is 10.2 Å². The summed E-state index contributed by atoms with van der Waals surface area (Å²) < 4.78 is 0. The normalized spacial score (nSPS) is 12.6. The molecule has 4 N–H and O–H groups in total. The van der Waals surface area contributed by atoms with Crippen LogP contribution in [0.2, 0.25) is 0 Å². The predicted molar refractivity (Wildman–Crippen MR) is 105 cm³/mol. The highest BCUT2D eigenvalue weighted by molar-refractivity contribution is 4.55. The molecule has 0 radical (unpaired) electrons. The molecule has 146 valence electrons. The molecule has 0 aliphatic heterocycles. The summed E-state index contributed by atoms with van der Waals surface area (Å²) in [6, 6.07) is 0. The van der Waals surface area contributed by atoms with Gasteiger partial charge in [0.05, 0.1) is 6.10 Å². The SMILES string of the molecule is NCCCCCCCCCCCCCCCCCCC(O)CCO. The fourth-order valence-corrected chi connectivity index (χ4v) is 3.29. The maximum Gasteiger partial charge on any atom is 0.0562 e. The summed E-state index contributed by atoms with van der Waals surface area (Å²) in [5.74, 6) is 0. The number of aliphatic hydroxyl groups is 2. The van der Waals surface area contributed by atoms with Gasteiger partial charge in [-0.25, -0.2) is 0 Å². The van der Waals surface area contributed by atoms with Crippen molar-refractivity contribution in [2.75, 3.05) is 13.2 Å². The van der Waals surface area contributed by atoms with Gasteiger partial charge in [-0.3, -0.25) is 0 Å². The van der Waals surface area contributed by atoms with Crippen molar-refractivity contribution in [1.29, 1.82) is 0 Å². The van der Waals surface area contributed by atoms with Crippen molar-refractivity contribution in [1.82, 2.24) is 0 Å². The Kier molecular flexibility index (Phi) is 20.8. The number of hydrogen-bond donors (Lipinski definition) is 3. The van der Waals surface area contributed by atoms with E-state index in [4.69, 9.17) is 10.8 Å². The van der Waals surface area contributed by atoms with Crippen molar-refractivity contribution in [2.45, 2.75) is 122 Å². The minimum atomic E-state index is -0.291. The van der Waals surface area contributed by atoms with Gasteiger partial charge >= 0.3 is 0 Å². The summed E-state index contributed by atoms with van der Waals surface area (Å²) >= 11 is 0. The van der Waals surface area contributed by atoms with E-state index in [1.807, 2.05) is 0 Å². The molecule has 0 spiro atoms. The minimum absolute atomic E-state index is 0.107. The van der Waals surface area contributed by atoms with E-state index in [0.717, 1.165) is 19.4 Å². The van der Waals surface area contributed by atoms with Crippen LogP contribution in [0.15, 0.2) is 0 Å². The molecule has 0 heterocycles. The molecular formula is C21H45NO2. The van der Waals surface area contributed by atoms with E-state index >= 15 is 0 Å². The second kappa shape index (κ2) is 20.9. The van der Waals surface area contributed by atoms with Gasteiger partial charge in [-0.1, -0.05) is 96.3 Å². The van der Waals surface area contributed by atoms with Crippen molar-refractivity contribution in [3.63, 3.8) is 0 Å². The van der Waals surface area contributed by atoms with Gasteiger partial charge in [-0.05, 0) is 25.8 Å². The molecule has 0 aliphatic rings. The molecule has 0 aromatic rings. The Morgan fingerprint density at radius 3 is 1.17 bits per heavy atom. The third kappa shape index (κ3) is 19.9. The summed E-state index contributed by atoms with van der Waals surface area (Å²) in [4.78, 5) is 0. The third-order valence-corrected chi connectivity index (χ3v) is 4.95. The first kappa shape index (κ1) is 23.9. The van der Waals surface area contributed by atoms with Crippen molar-refractivity contribution >= 4 is 0 Å². The van der Waals surface area contributed by atoms with Crippen LogP contribution < -0.4 is 5.73 Å². The molecule has 3 heteroatoms. The zero-order valence-electron chi connectivity index (χ0n) is 16.2. The zero-order valence-corrected chi connectivity index (χ0v) is 16.2. The lowest BCUT2D eigenvalue weighted by Gasteiger charge is -2.08. The summed E-state index contributed by atoms with van der Waals surface area (Å²) in [7, 11) is 0. The molecule has 0 amide bonds. The molecule has 24 heavy (non-hydrogen) atoms. The molecule has 0 bridgehead atoms. The van der Waals surface area contributed by atoms with E-state index in [0.29, 0.717) is 6.42 Å². The van der Waals surface area contributed by atoms with Crippen LogP contribution in [0.3, 0.4) is 0 Å². The van der Waals surface area contributed by atoms with Gasteiger partial charge < -0.3 is 15.9 Å². The zero-order chi connectivity index (χ0) is 17.7. The number of unbranched alkanes of at least 4 members (excludes halogenated alkanes) is 15. The maximum atomic E-state index is 9.51. The molecule has 0 saturated heterocycles. The van der Waals surface area contributed by atoms with Gasteiger partial charge in [0, 0.05) is 6.61 Å². The van der Waals surface area contributed by atoms with E-state index in [1.165, 1.54) is 96.3 Å². The van der Waals surface area contributed by atoms with Crippen molar-refractivity contribution in [2.24, 2.45) is 5.73 Å². The Morgan fingerprint density at radius 2 is 0.833 bits per heavy atom. The van der Waals surface area contributed by atoms with Crippen LogP contribution in [0, 0.1) is 0 Å². The topological polar surface area (TPSA) is 66.5 Å². The van der Waals surface area contributed by atoms with Crippen LogP contribution >= 0.6 is 0 Å². The van der Waals surface area contributed by atoms with Gasteiger partial charge in [0.15, 0.2) is 0 Å². The van der Waals surface area contributed by atoms with E-state index in [2.05, 4.69) is 0 Å². The van der Waals surface area contributed by atoms with Gasteiger partial charge in [-0.15, -0.1) is 0 Å². The highest BCUT2D eigenvalue weighted by Gasteiger charge is 2.02. The number of aliphatic hydroxyl groups excluding tert-OH is 2.